The number of hydrogen-bond acceptors (Lipinski definition) is 7. The fourth-order valence-corrected chi connectivity index (χ4v) is 4.06. The predicted octanol–water partition coefficient (Wildman–Crippen LogP) is 0.482. The van der Waals surface area contributed by atoms with Crippen LogP contribution in [0.15, 0.2) is 30.5 Å². The van der Waals surface area contributed by atoms with E-state index in [1.807, 2.05) is 38.1 Å². The summed E-state index contributed by atoms with van der Waals surface area (Å²) in [6.45, 7) is 3.85. The largest absolute Gasteiger partial charge is 0.480 e. The number of amides is 3. The molecule has 10 nitrogen and oxygen atoms in total. The SMILES string of the molecule is CC(C)CC(N)C(=O)NC(CS)C(=O)NC(CS)C(=O)NC(Cc1c[nH]c2ccccc12)C(=O)O. The number of benzene rings is 1. The predicted molar refractivity (Wildman–Crippen MR) is 141 cm³/mol. The van der Waals surface area contributed by atoms with E-state index in [0.717, 1.165) is 16.5 Å². The van der Waals surface area contributed by atoms with Crippen LogP contribution in [0.2, 0.25) is 0 Å². The minimum absolute atomic E-state index is 0.0226. The molecule has 35 heavy (non-hydrogen) atoms. The molecule has 0 bridgehead atoms. The second kappa shape index (κ2) is 13.4. The Bertz CT molecular complexity index is 1040. The number of fused-ring (bicyclic) bond motifs is 1. The number of H-pyrrole nitrogens is 1. The number of para-hydroxylation sites is 1. The van der Waals surface area contributed by atoms with Gasteiger partial charge in [-0.15, -0.1) is 0 Å². The van der Waals surface area contributed by atoms with E-state index in [0.29, 0.717) is 6.42 Å². The highest BCUT2D eigenvalue weighted by molar-refractivity contribution is 7.80. The molecule has 0 saturated heterocycles. The van der Waals surface area contributed by atoms with E-state index in [4.69, 9.17) is 5.73 Å². The summed E-state index contributed by atoms with van der Waals surface area (Å²) in [5.41, 5.74) is 7.45. The normalized spacial score (nSPS) is 14.7. The van der Waals surface area contributed by atoms with E-state index in [1.54, 1.807) is 6.20 Å². The van der Waals surface area contributed by atoms with Crippen molar-refractivity contribution in [2.24, 2.45) is 11.7 Å². The van der Waals surface area contributed by atoms with Crippen LogP contribution in [0.4, 0.5) is 0 Å². The molecule has 0 fully saturated rings. The third-order valence-electron chi connectivity index (χ3n) is 5.41. The molecule has 1 heterocycles. The van der Waals surface area contributed by atoms with Crippen LogP contribution >= 0.6 is 25.3 Å². The quantitative estimate of drug-likeness (QED) is 0.178. The lowest BCUT2D eigenvalue weighted by atomic mass is 10.0. The second-order valence-corrected chi connectivity index (χ2v) is 9.42. The van der Waals surface area contributed by atoms with E-state index < -0.39 is 47.9 Å². The number of carboxylic acid groups (broad SMARTS) is 1. The molecule has 0 saturated carbocycles. The molecule has 1 aromatic heterocycles. The van der Waals surface area contributed by atoms with Crippen molar-refractivity contribution in [2.45, 2.75) is 50.9 Å². The Morgan fingerprint density at radius 1 is 0.943 bits per heavy atom. The smallest absolute Gasteiger partial charge is 0.326 e. The number of aliphatic carboxylic acids is 1. The molecular weight excluding hydrogens is 490 g/mol. The molecule has 4 unspecified atom stereocenters. The summed E-state index contributed by atoms with van der Waals surface area (Å²) in [5.74, 6) is -2.98. The Kier molecular flexibility index (Phi) is 10.9. The van der Waals surface area contributed by atoms with Gasteiger partial charge in [0.05, 0.1) is 6.04 Å². The average Bonchev–Trinajstić information content (AvgIpc) is 3.22. The molecule has 2 aromatic rings. The summed E-state index contributed by atoms with van der Waals surface area (Å²) in [5, 5.41) is 18.0. The van der Waals surface area contributed by atoms with Gasteiger partial charge in [-0.3, -0.25) is 14.4 Å². The summed E-state index contributed by atoms with van der Waals surface area (Å²) in [7, 11) is 0. The number of thiol groups is 2. The second-order valence-electron chi connectivity index (χ2n) is 8.69. The minimum Gasteiger partial charge on any atom is -0.480 e. The van der Waals surface area contributed by atoms with Crippen molar-refractivity contribution in [2.75, 3.05) is 11.5 Å². The van der Waals surface area contributed by atoms with E-state index >= 15 is 0 Å². The van der Waals surface area contributed by atoms with Crippen LogP contribution in [0.1, 0.15) is 25.8 Å². The van der Waals surface area contributed by atoms with Crippen molar-refractivity contribution in [3.63, 3.8) is 0 Å². The molecule has 0 spiro atoms. The van der Waals surface area contributed by atoms with Gasteiger partial charge in [0, 0.05) is 35.0 Å². The summed E-state index contributed by atoms with van der Waals surface area (Å²) in [6.07, 6.45) is 2.19. The van der Waals surface area contributed by atoms with Gasteiger partial charge in [-0.25, -0.2) is 4.79 Å². The molecule has 3 amide bonds. The summed E-state index contributed by atoms with van der Waals surface area (Å²) < 4.78 is 0. The molecule has 192 valence electrons. The van der Waals surface area contributed by atoms with Crippen LogP contribution in [-0.2, 0) is 25.6 Å². The molecule has 12 heteroatoms. The molecule has 0 radical (unpaired) electrons. The molecule has 1 aromatic carbocycles. The van der Waals surface area contributed by atoms with Gasteiger partial charge >= 0.3 is 5.97 Å². The number of nitrogens with one attached hydrogen (secondary N) is 4. The Hall–Kier alpha value is -2.70. The molecule has 0 aliphatic carbocycles. The van der Waals surface area contributed by atoms with Crippen LogP contribution in [0, 0.1) is 5.92 Å². The monoisotopic (exact) mass is 523 g/mol. The summed E-state index contributed by atoms with van der Waals surface area (Å²) in [6, 6.07) is 3.26. The first kappa shape index (κ1) is 28.5. The summed E-state index contributed by atoms with van der Waals surface area (Å²) in [4.78, 5) is 52.7. The first-order chi connectivity index (χ1) is 16.6. The lowest BCUT2D eigenvalue weighted by molar-refractivity contribution is -0.142. The highest BCUT2D eigenvalue weighted by Gasteiger charge is 2.29. The van der Waals surface area contributed by atoms with Crippen molar-refractivity contribution >= 4 is 59.9 Å². The van der Waals surface area contributed by atoms with Gasteiger partial charge in [-0.05, 0) is 24.0 Å². The number of carbonyl (C=O) groups excluding carboxylic acids is 3. The van der Waals surface area contributed by atoms with Gasteiger partial charge < -0.3 is 31.8 Å². The Morgan fingerprint density at radius 2 is 1.49 bits per heavy atom. The fraction of sp³-hybridized carbons (Fsp3) is 0.478. The lowest BCUT2D eigenvalue weighted by Crippen LogP contribution is -2.58. The van der Waals surface area contributed by atoms with Crippen LogP contribution in [0.3, 0.4) is 0 Å². The number of hydrogen-bond donors (Lipinski definition) is 8. The zero-order valence-corrected chi connectivity index (χ0v) is 21.4. The van der Waals surface area contributed by atoms with Gasteiger partial charge in [0.15, 0.2) is 0 Å². The molecule has 0 aliphatic rings. The van der Waals surface area contributed by atoms with Crippen molar-refractivity contribution in [3.8, 4) is 0 Å². The molecular formula is C23H33N5O5S2. The molecule has 2 rings (SSSR count). The van der Waals surface area contributed by atoms with Gasteiger partial charge in [0.25, 0.3) is 0 Å². The third-order valence-corrected chi connectivity index (χ3v) is 6.14. The zero-order valence-electron chi connectivity index (χ0n) is 19.7. The van der Waals surface area contributed by atoms with Gasteiger partial charge in [-0.2, -0.15) is 25.3 Å². The summed E-state index contributed by atoms with van der Waals surface area (Å²) >= 11 is 8.24. The van der Waals surface area contributed by atoms with E-state index in [9.17, 15) is 24.3 Å². The zero-order chi connectivity index (χ0) is 26.1. The maximum absolute atomic E-state index is 12.8. The lowest BCUT2D eigenvalue weighted by Gasteiger charge is -2.24. The maximum atomic E-state index is 12.8. The number of carbonyl (C=O) groups is 4. The van der Waals surface area contributed by atoms with Crippen LogP contribution in [0.5, 0.6) is 0 Å². The average molecular weight is 524 g/mol. The Labute approximate surface area is 215 Å². The molecule has 4 atom stereocenters. The van der Waals surface area contributed by atoms with Crippen molar-refractivity contribution in [1.29, 1.82) is 0 Å². The van der Waals surface area contributed by atoms with Crippen LogP contribution in [-0.4, -0.2) is 69.5 Å². The molecule has 0 aliphatic heterocycles. The highest BCUT2D eigenvalue weighted by Crippen LogP contribution is 2.19. The number of carboxylic acids is 1. The van der Waals surface area contributed by atoms with E-state index in [2.05, 4.69) is 46.2 Å². The number of nitrogens with two attached hydrogens (primary N) is 1. The number of aromatic nitrogens is 1. The van der Waals surface area contributed by atoms with Gasteiger partial charge in [-0.1, -0.05) is 32.0 Å². The first-order valence-electron chi connectivity index (χ1n) is 11.2. The Balaban J connectivity index is 2.03. The Morgan fingerprint density at radius 3 is 2.03 bits per heavy atom. The standard InChI is InChI=1S/C23H33N5O5S2/c1-12(2)7-15(24)20(29)27-18(10-34)22(31)28-19(11-35)21(30)26-17(23(32)33)8-13-9-25-16-6-4-3-5-14(13)16/h3-6,9,12,15,17-19,25,34-35H,7-8,10-11,24H2,1-2H3,(H,26,30)(H,27,29)(H,28,31)(H,32,33). The fourth-order valence-electron chi connectivity index (χ4n) is 3.55. The molecule has 7 N–H and O–H groups in total. The van der Waals surface area contributed by atoms with Crippen molar-refractivity contribution < 1.29 is 24.3 Å². The third kappa shape index (κ3) is 8.18. The van der Waals surface area contributed by atoms with Crippen LogP contribution < -0.4 is 21.7 Å². The van der Waals surface area contributed by atoms with E-state index in [1.165, 1.54) is 0 Å². The number of aromatic amines is 1. The number of rotatable bonds is 13. The topological polar surface area (TPSA) is 166 Å². The minimum atomic E-state index is -1.23. The van der Waals surface area contributed by atoms with Gasteiger partial charge in [0.1, 0.15) is 18.1 Å². The van der Waals surface area contributed by atoms with Gasteiger partial charge in [0.2, 0.25) is 17.7 Å². The maximum Gasteiger partial charge on any atom is 0.326 e. The first-order valence-corrected chi connectivity index (χ1v) is 12.5. The highest BCUT2D eigenvalue weighted by atomic mass is 32.1. The van der Waals surface area contributed by atoms with Crippen molar-refractivity contribution in [1.82, 2.24) is 20.9 Å². The van der Waals surface area contributed by atoms with Crippen LogP contribution in [0.25, 0.3) is 10.9 Å². The van der Waals surface area contributed by atoms with E-state index in [-0.39, 0.29) is 23.8 Å². The van der Waals surface area contributed by atoms with Crippen molar-refractivity contribution in [3.05, 3.63) is 36.0 Å².